The molecule has 0 bridgehead atoms. The fourth-order valence-corrected chi connectivity index (χ4v) is 4.08. The summed E-state index contributed by atoms with van der Waals surface area (Å²) < 4.78 is 54.3. The Kier molecular flexibility index (Phi) is 5.53. The van der Waals surface area contributed by atoms with Crippen LogP contribution in [0.25, 0.3) is 0 Å². The van der Waals surface area contributed by atoms with Crippen molar-refractivity contribution in [1.29, 1.82) is 0 Å². The van der Waals surface area contributed by atoms with Gasteiger partial charge < -0.3 is 5.11 Å². The second-order valence-electron chi connectivity index (χ2n) is 5.43. The van der Waals surface area contributed by atoms with Crippen LogP contribution >= 0.6 is 0 Å². The lowest BCUT2D eigenvalue weighted by atomic mass is 10.1. The molecule has 136 valence electrons. The van der Waals surface area contributed by atoms with Gasteiger partial charge in [0.15, 0.2) is 5.03 Å². The van der Waals surface area contributed by atoms with Crippen molar-refractivity contribution in [3.8, 4) is 0 Å². The van der Waals surface area contributed by atoms with Crippen LogP contribution in [-0.4, -0.2) is 35.3 Å². The van der Waals surface area contributed by atoms with E-state index in [9.17, 15) is 27.1 Å². The Morgan fingerprint density at radius 3 is 2.44 bits per heavy atom. The quantitative estimate of drug-likeness (QED) is 0.768. The summed E-state index contributed by atoms with van der Waals surface area (Å²) in [5, 5.41) is 12.3. The molecule has 0 saturated heterocycles. The number of hydrogen-bond donors (Lipinski definition) is 2. The molecule has 1 atom stereocenters. The van der Waals surface area contributed by atoms with Gasteiger partial charge in [-0.15, -0.1) is 0 Å². The Bertz CT molecular complexity index is 866. The maximum atomic E-state index is 13.2. The van der Waals surface area contributed by atoms with Gasteiger partial charge in [-0.3, -0.25) is 9.48 Å². The number of carboxylic acid groups (broad SMARTS) is 1. The maximum absolute atomic E-state index is 13.2. The predicted octanol–water partition coefficient (Wildman–Crippen LogP) is 1.64. The molecule has 2 N–H and O–H groups in total. The first-order valence-corrected chi connectivity index (χ1v) is 8.72. The molecule has 0 fully saturated rings. The number of aliphatic carboxylic acids is 1. The van der Waals surface area contributed by atoms with E-state index in [2.05, 4.69) is 5.10 Å². The molecule has 1 heterocycles. The number of halogens is 2. The van der Waals surface area contributed by atoms with Crippen LogP contribution in [0.5, 0.6) is 0 Å². The minimum Gasteiger partial charge on any atom is -0.480 e. The van der Waals surface area contributed by atoms with Crippen molar-refractivity contribution >= 4 is 16.0 Å². The second kappa shape index (κ2) is 7.28. The highest BCUT2D eigenvalue weighted by Gasteiger charge is 2.34. The van der Waals surface area contributed by atoms with Crippen LogP contribution in [-0.2, 0) is 28.3 Å². The Labute approximate surface area is 143 Å². The van der Waals surface area contributed by atoms with E-state index in [0.717, 1.165) is 4.68 Å². The van der Waals surface area contributed by atoms with Crippen molar-refractivity contribution in [3.05, 3.63) is 47.2 Å². The summed E-state index contributed by atoms with van der Waals surface area (Å²) in [4.78, 5) is 11.4. The SMILES string of the molecule is Cc1nn(C)c(S(=O)(=O)N[C@H](Cc2ccccc2)C(=O)O)c1C(F)F. The predicted molar refractivity (Wildman–Crippen MR) is 84.8 cm³/mol. The lowest BCUT2D eigenvalue weighted by Crippen LogP contribution is -2.43. The summed E-state index contributed by atoms with van der Waals surface area (Å²) in [6, 6.07) is 6.88. The van der Waals surface area contributed by atoms with Gasteiger partial charge in [0.25, 0.3) is 16.4 Å². The molecule has 0 radical (unpaired) electrons. The lowest BCUT2D eigenvalue weighted by Gasteiger charge is -2.16. The number of nitrogens with zero attached hydrogens (tertiary/aromatic N) is 2. The summed E-state index contributed by atoms with van der Waals surface area (Å²) in [5.74, 6) is -1.41. The normalized spacial score (nSPS) is 13.2. The average molecular weight is 373 g/mol. The lowest BCUT2D eigenvalue weighted by molar-refractivity contribution is -0.138. The molecule has 25 heavy (non-hydrogen) atoms. The van der Waals surface area contributed by atoms with E-state index in [1.54, 1.807) is 30.3 Å². The van der Waals surface area contributed by atoms with E-state index in [4.69, 9.17) is 0 Å². The Morgan fingerprint density at radius 2 is 1.92 bits per heavy atom. The van der Waals surface area contributed by atoms with E-state index in [-0.39, 0.29) is 12.1 Å². The monoisotopic (exact) mass is 373 g/mol. The highest BCUT2D eigenvalue weighted by Crippen LogP contribution is 2.29. The van der Waals surface area contributed by atoms with Gasteiger partial charge in [0.2, 0.25) is 0 Å². The Hall–Kier alpha value is -2.33. The third-order valence-electron chi connectivity index (χ3n) is 3.57. The third kappa shape index (κ3) is 4.20. The van der Waals surface area contributed by atoms with Crippen LogP contribution in [0.15, 0.2) is 35.4 Å². The number of rotatable bonds is 7. The number of aromatic nitrogens is 2. The van der Waals surface area contributed by atoms with Crippen LogP contribution in [0.3, 0.4) is 0 Å². The minimum atomic E-state index is -4.52. The van der Waals surface area contributed by atoms with E-state index in [1.807, 2.05) is 4.72 Å². The first kappa shape index (κ1) is 19.0. The van der Waals surface area contributed by atoms with E-state index < -0.39 is 39.0 Å². The molecule has 2 aromatic rings. The van der Waals surface area contributed by atoms with Gasteiger partial charge in [0, 0.05) is 7.05 Å². The topological polar surface area (TPSA) is 101 Å². The van der Waals surface area contributed by atoms with Crippen molar-refractivity contribution < 1.29 is 27.1 Å². The van der Waals surface area contributed by atoms with E-state index >= 15 is 0 Å². The van der Waals surface area contributed by atoms with Crippen molar-refractivity contribution in [1.82, 2.24) is 14.5 Å². The number of nitrogens with one attached hydrogen (secondary N) is 1. The van der Waals surface area contributed by atoms with E-state index in [0.29, 0.717) is 5.56 Å². The van der Waals surface area contributed by atoms with Gasteiger partial charge in [0.1, 0.15) is 6.04 Å². The smallest absolute Gasteiger partial charge is 0.322 e. The third-order valence-corrected chi connectivity index (χ3v) is 5.15. The summed E-state index contributed by atoms with van der Waals surface area (Å²) >= 11 is 0. The average Bonchev–Trinajstić information content (AvgIpc) is 2.82. The number of aryl methyl sites for hydroxylation is 2. The number of carbonyl (C=O) groups is 1. The first-order valence-electron chi connectivity index (χ1n) is 7.24. The summed E-state index contributed by atoms with van der Waals surface area (Å²) in [6.45, 7) is 1.26. The van der Waals surface area contributed by atoms with Crippen LogP contribution in [0.1, 0.15) is 23.2 Å². The highest BCUT2D eigenvalue weighted by molar-refractivity contribution is 7.89. The number of carboxylic acids is 1. The maximum Gasteiger partial charge on any atom is 0.322 e. The number of hydrogen-bond acceptors (Lipinski definition) is 4. The molecule has 0 aliphatic carbocycles. The van der Waals surface area contributed by atoms with Gasteiger partial charge >= 0.3 is 5.97 Å². The van der Waals surface area contributed by atoms with Crippen molar-refractivity contribution in [2.45, 2.75) is 30.8 Å². The largest absolute Gasteiger partial charge is 0.480 e. The van der Waals surface area contributed by atoms with Crippen molar-refractivity contribution in [2.75, 3.05) is 0 Å². The fraction of sp³-hybridized carbons (Fsp3) is 0.333. The number of sulfonamides is 1. The summed E-state index contributed by atoms with van der Waals surface area (Å²) in [7, 11) is -3.31. The summed E-state index contributed by atoms with van der Waals surface area (Å²) in [5.41, 5.74) is -0.278. The summed E-state index contributed by atoms with van der Waals surface area (Å²) in [6.07, 6.45) is -3.19. The highest BCUT2D eigenvalue weighted by atomic mass is 32.2. The van der Waals surface area contributed by atoms with Gasteiger partial charge in [0.05, 0.1) is 11.3 Å². The molecule has 0 aliphatic rings. The van der Waals surface area contributed by atoms with E-state index in [1.165, 1.54) is 14.0 Å². The minimum absolute atomic E-state index is 0.129. The molecule has 2 rings (SSSR count). The van der Waals surface area contributed by atoms with Crippen LogP contribution < -0.4 is 4.72 Å². The second-order valence-corrected chi connectivity index (χ2v) is 7.06. The Balaban J connectivity index is 2.37. The standard InChI is InChI=1S/C15H17F2N3O4S/c1-9-12(13(16)17)14(20(2)18-9)25(23,24)19-11(15(21)22)8-10-6-4-3-5-7-10/h3-7,11,13,19H,8H2,1-2H3,(H,21,22)/t11-/m1/s1. The molecule has 10 heteroatoms. The van der Waals surface area contributed by atoms with Gasteiger partial charge in [-0.05, 0) is 18.9 Å². The molecule has 0 unspecified atom stereocenters. The molecular formula is C15H17F2N3O4S. The molecule has 7 nitrogen and oxygen atoms in total. The van der Waals surface area contributed by atoms with Crippen molar-refractivity contribution in [3.63, 3.8) is 0 Å². The van der Waals surface area contributed by atoms with Crippen LogP contribution in [0.2, 0.25) is 0 Å². The zero-order valence-electron chi connectivity index (χ0n) is 13.5. The molecule has 0 amide bonds. The van der Waals surface area contributed by atoms with Gasteiger partial charge in [-0.25, -0.2) is 17.2 Å². The Morgan fingerprint density at radius 1 is 1.32 bits per heavy atom. The number of benzene rings is 1. The first-order chi connectivity index (χ1) is 11.6. The molecule has 0 saturated carbocycles. The molecule has 1 aromatic carbocycles. The van der Waals surface area contributed by atoms with Crippen molar-refractivity contribution in [2.24, 2.45) is 7.05 Å². The molecule has 1 aromatic heterocycles. The fourth-order valence-electron chi connectivity index (χ4n) is 2.50. The molecule has 0 aliphatic heterocycles. The van der Waals surface area contributed by atoms with Gasteiger partial charge in [-0.2, -0.15) is 9.82 Å². The van der Waals surface area contributed by atoms with Crippen LogP contribution in [0, 0.1) is 6.92 Å². The zero-order valence-corrected chi connectivity index (χ0v) is 14.3. The van der Waals surface area contributed by atoms with Gasteiger partial charge in [-0.1, -0.05) is 30.3 Å². The molecule has 0 spiro atoms. The number of alkyl halides is 2. The zero-order chi connectivity index (χ0) is 18.8. The molecular weight excluding hydrogens is 356 g/mol. The van der Waals surface area contributed by atoms with Crippen LogP contribution in [0.4, 0.5) is 8.78 Å².